The Labute approximate surface area is 114 Å². The van der Waals surface area contributed by atoms with Crippen LogP contribution in [0.25, 0.3) is 11.1 Å². The topological polar surface area (TPSA) is 12.0 Å². The van der Waals surface area contributed by atoms with Crippen molar-refractivity contribution in [1.82, 2.24) is 5.32 Å². The van der Waals surface area contributed by atoms with Crippen LogP contribution in [0.15, 0.2) is 30.3 Å². The summed E-state index contributed by atoms with van der Waals surface area (Å²) in [5.74, 6) is -4.99. The highest BCUT2D eigenvalue weighted by molar-refractivity contribution is 5.66. The lowest BCUT2D eigenvalue weighted by molar-refractivity contribution is 0.448. The highest BCUT2D eigenvalue weighted by Crippen LogP contribution is 2.30. The molecule has 1 unspecified atom stereocenters. The molecule has 2 aromatic rings. The molecule has 0 aliphatic carbocycles. The molecule has 1 N–H and O–H groups in total. The van der Waals surface area contributed by atoms with E-state index >= 15 is 0 Å². The fourth-order valence-electron chi connectivity index (χ4n) is 1.92. The number of benzene rings is 2. The average molecular weight is 283 g/mol. The lowest BCUT2D eigenvalue weighted by Crippen LogP contribution is -2.12. The average Bonchev–Trinajstić information content (AvgIpc) is 2.45. The number of halogens is 4. The summed E-state index contributed by atoms with van der Waals surface area (Å²) in [6.07, 6.45) is 0. The van der Waals surface area contributed by atoms with E-state index in [9.17, 15) is 17.6 Å². The Balaban J connectivity index is 2.60. The fourth-order valence-corrected chi connectivity index (χ4v) is 1.92. The minimum atomic E-state index is -1.60. The third kappa shape index (κ3) is 2.54. The maximum absolute atomic E-state index is 13.8. The predicted octanol–water partition coefficient (Wildman–Crippen LogP) is 4.19. The van der Waals surface area contributed by atoms with Crippen LogP contribution in [-0.4, -0.2) is 7.05 Å². The van der Waals surface area contributed by atoms with Crippen molar-refractivity contribution in [2.75, 3.05) is 7.05 Å². The van der Waals surface area contributed by atoms with Gasteiger partial charge in [-0.3, -0.25) is 0 Å². The SMILES string of the molecule is CNC(C)c1ccc(F)c(-c2ccc(F)c(F)c2F)c1. The third-order valence-corrected chi connectivity index (χ3v) is 3.25. The van der Waals surface area contributed by atoms with Crippen molar-refractivity contribution in [2.24, 2.45) is 0 Å². The van der Waals surface area contributed by atoms with Crippen molar-refractivity contribution in [3.8, 4) is 11.1 Å². The van der Waals surface area contributed by atoms with Crippen LogP contribution in [0.3, 0.4) is 0 Å². The Kier molecular flexibility index (Phi) is 4.09. The van der Waals surface area contributed by atoms with Gasteiger partial charge in [-0.1, -0.05) is 6.07 Å². The van der Waals surface area contributed by atoms with E-state index in [1.165, 1.54) is 12.1 Å². The molecular weight excluding hydrogens is 270 g/mol. The highest BCUT2D eigenvalue weighted by atomic mass is 19.2. The maximum Gasteiger partial charge on any atom is 0.195 e. The van der Waals surface area contributed by atoms with Crippen molar-refractivity contribution in [3.05, 3.63) is 59.2 Å². The second-order valence-corrected chi connectivity index (χ2v) is 4.47. The van der Waals surface area contributed by atoms with Crippen LogP contribution in [0, 0.1) is 23.3 Å². The molecule has 0 aliphatic heterocycles. The summed E-state index contributed by atoms with van der Waals surface area (Å²) >= 11 is 0. The van der Waals surface area contributed by atoms with Crippen LogP contribution in [0.4, 0.5) is 17.6 Å². The van der Waals surface area contributed by atoms with E-state index in [4.69, 9.17) is 0 Å². The first-order chi connectivity index (χ1) is 9.45. The normalized spacial score (nSPS) is 12.5. The molecule has 0 radical (unpaired) electrons. The zero-order valence-electron chi connectivity index (χ0n) is 11.0. The van der Waals surface area contributed by atoms with Crippen LogP contribution in [0.5, 0.6) is 0 Å². The van der Waals surface area contributed by atoms with Gasteiger partial charge in [0.05, 0.1) is 0 Å². The summed E-state index contributed by atoms with van der Waals surface area (Å²) in [4.78, 5) is 0. The second-order valence-electron chi connectivity index (χ2n) is 4.47. The monoisotopic (exact) mass is 283 g/mol. The molecule has 0 fully saturated rings. The van der Waals surface area contributed by atoms with Gasteiger partial charge in [0, 0.05) is 17.2 Å². The minimum Gasteiger partial charge on any atom is -0.313 e. The quantitative estimate of drug-likeness (QED) is 0.658. The molecule has 0 spiro atoms. The summed E-state index contributed by atoms with van der Waals surface area (Å²) in [6, 6.07) is 5.88. The first kappa shape index (κ1) is 14.5. The molecule has 20 heavy (non-hydrogen) atoms. The summed E-state index contributed by atoms with van der Waals surface area (Å²) in [5.41, 5.74) is 0.320. The summed E-state index contributed by atoms with van der Waals surface area (Å²) < 4.78 is 53.7. The Bertz CT molecular complexity index is 640. The number of hydrogen-bond acceptors (Lipinski definition) is 1. The Hall–Kier alpha value is -1.88. The summed E-state index contributed by atoms with van der Waals surface area (Å²) in [5, 5.41) is 2.96. The smallest absolute Gasteiger partial charge is 0.195 e. The number of rotatable bonds is 3. The summed E-state index contributed by atoms with van der Waals surface area (Å²) in [6.45, 7) is 1.85. The van der Waals surface area contributed by atoms with E-state index in [-0.39, 0.29) is 17.2 Å². The van der Waals surface area contributed by atoms with Gasteiger partial charge in [0.1, 0.15) is 5.82 Å². The van der Waals surface area contributed by atoms with Gasteiger partial charge in [-0.15, -0.1) is 0 Å². The van der Waals surface area contributed by atoms with Crippen molar-refractivity contribution >= 4 is 0 Å². The molecule has 0 saturated heterocycles. The largest absolute Gasteiger partial charge is 0.313 e. The van der Waals surface area contributed by atoms with E-state index in [1.54, 1.807) is 13.1 Å². The molecule has 106 valence electrons. The van der Waals surface area contributed by atoms with Crippen LogP contribution in [0.1, 0.15) is 18.5 Å². The number of nitrogens with one attached hydrogen (secondary N) is 1. The van der Waals surface area contributed by atoms with E-state index in [0.29, 0.717) is 5.56 Å². The minimum absolute atomic E-state index is 0.0808. The lowest BCUT2D eigenvalue weighted by Gasteiger charge is -2.13. The zero-order valence-corrected chi connectivity index (χ0v) is 11.0. The van der Waals surface area contributed by atoms with Crippen molar-refractivity contribution < 1.29 is 17.6 Å². The van der Waals surface area contributed by atoms with Crippen LogP contribution in [-0.2, 0) is 0 Å². The zero-order chi connectivity index (χ0) is 14.9. The number of hydrogen-bond donors (Lipinski definition) is 1. The first-order valence-corrected chi connectivity index (χ1v) is 6.06. The van der Waals surface area contributed by atoms with Crippen LogP contribution in [0.2, 0.25) is 0 Å². The van der Waals surface area contributed by atoms with Crippen molar-refractivity contribution in [3.63, 3.8) is 0 Å². The molecule has 2 aromatic carbocycles. The molecule has 1 atom stereocenters. The molecule has 5 heteroatoms. The van der Waals surface area contributed by atoms with Crippen molar-refractivity contribution in [2.45, 2.75) is 13.0 Å². The Morgan fingerprint density at radius 1 is 0.850 bits per heavy atom. The highest BCUT2D eigenvalue weighted by Gasteiger charge is 2.18. The molecular formula is C15H13F4N. The van der Waals surface area contributed by atoms with Crippen LogP contribution < -0.4 is 5.32 Å². The molecule has 0 bridgehead atoms. The van der Waals surface area contributed by atoms with E-state index in [2.05, 4.69) is 5.32 Å². The predicted molar refractivity (Wildman–Crippen MR) is 69.2 cm³/mol. The first-order valence-electron chi connectivity index (χ1n) is 6.06. The standard InChI is InChI=1S/C15H13F4N/c1-8(20-2)9-3-5-12(16)11(7-9)10-4-6-13(17)15(19)14(10)18/h3-8,20H,1-2H3. The fraction of sp³-hybridized carbons (Fsp3) is 0.200. The van der Waals surface area contributed by atoms with Crippen LogP contribution >= 0.6 is 0 Å². The van der Waals surface area contributed by atoms with Gasteiger partial charge in [0.15, 0.2) is 17.5 Å². The van der Waals surface area contributed by atoms with Gasteiger partial charge in [-0.25, -0.2) is 17.6 Å². The van der Waals surface area contributed by atoms with Gasteiger partial charge < -0.3 is 5.32 Å². The summed E-state index contributed by atoms with van der Waals surface area (Å²) in [7, 11) is 1.73. The van der Waals surface area contributed by atoms with Crippen molar-refractivity contribution in [1.29, 1.82) is 0 Å². The van der Waals surface area contributed by atoms with E-state index < -0.39 is 23.3 Å². The molecule has 1 nitrogen and oxygen atoms in total. The van der Waals surface area contributed by atoms with Gasteiger partial charge >= 0.3 is 0 Å². The Morgan fingerprint density at radius 2 is 1.50 bits per heavy atom. The molecule has 0 heterocycles. The van der Waals surface area contributed by atoms with Gasteiger partial charge in [-0.05, 0) is 43.8 Å². The lowest BCUT2D eigenvalue weighted by atomic mass is 9.99. The van der Waals surface area contributed by atoms with E-state index in [1.807, 2.05) is 6.92 Å². The molecule has 0 aliphatic rings. The second kappa shape index (κ2) is 5.63. The van der Waals surface area contributed by atoms with Gasteiger partial charge in [0.2, 0.25) is 0 Å². The van der Waals surface area contributed by atoms with Gasteiger partial charge in [0.25, 0.3) is 0 Å². The molecule has 0 aromatic heterocycles. The Morgan fingerprint density at radius 3 is 2.15 bits per heavy atom. The molecule has 0 saturated carbocycles. The van der Waals surface area contributed by atoms with E-state index in [0.717, 1.165) is 12.1 Å². The molecule has 0 amide bonds. The molecule has 2 rings (SSSR count). The third-order valence-electron chi connectivity index (χ3n) is 3.25. The van der Waals surface area contributed by atoms with Gasteiger partial charge in [-0.2, -0.15) is 0 Å². The maximum atomic E-state index is 13.8.